The molecule has 3 aliphatic heterocycles. The predicted molar refractivity (Wildman–Crippen MR) is 159 cm³/mol. The van der Waals surface area contributed by atoms with Crippen LogP contribution in [0.15, 0.2) is 82.0 Å². The van der Waals surface area contributed by atoms with Gasteiger partial charge in [-0.15, -0.1) is 0 Å². The highest BCUT2D eigenvalue weighted by Crippen LogP contribution is 2.32. The second kappa shape index (κ2) is 12.0. The van der Waals surface area contributed by atoms with Crippen LogP contribution in [0.1, 0.15) is 30.4 Å². The summed E-state index contributed by atoms with van der Waals surface area (Å²) >= 11 is 0. The van der Waals surface area contributed by atoms with Crippen LogP contribution < -0.4 is 11.1 Å². The van der Waals surface area contributed by atoms with Gasteiger partial charge in [0.15, 0.2) is 5.58 Å². The van der Waals surface area contributed by atoms with E-state index in [9.17, 15) is 14.4 Å². The van der Waals surface area contributed by atoms with Gasteiger partial charge in [-0.2, -0.15) is 0 Å². The number of benzene rings is 3. The number of anilines is 1. The van der Waals surface area contributed by atoms with Gasteiger partial charge in [0, 0.05) is 25.1 Å². The Labute approximate surface area is 238 Å². The summed E-state index contributed by atoms with van der Waals surface area (Å²) in [5.41, 5.74) is 5.53. The van der Waals surface area contributed by atoms with Gasteiger partial charge in [-0.1, -0.05) is 60.7 Å². The fourth-order valence-electron chi connectivity index (χ4n) is 5.93. The van der Waals surface area contributed by atoms with Gasteiger partial charge in [0.25, 0.3) is 0 Å². The number of ether oxygens (including phenoxy) is 1. The first-order valence-electron chi connectivity index (χ1n) is 14.2. The Morgan fingerprint density at radius 1 is 1.05 bits per heavy atom. The molecular formula is C33H33N3O5. The number of amides is 1. The lowest BCUT2D eigenvalue weighted by molar-refractivity contribution is -0.107. The maximum Gasteiger partial charge on any atom is 0.419 e. The van der Waals surface area contributed by atoms with Crippen LogP contribution in [0.4, 0.5) is 10.5 Å². The number of aryl methyl sites for hydroxylation is 1. The van der Waals surface area contributed by atoms with Crippen molar-refractivity contribution in [1.82, 2.24) is 9.47 Å². The van der Waals surface area contributed by atoms with Crippen molar-refractivity contribution in [3.8, 4) is 11.1 Å². The molecule has 1 aromatic heterocycles. The van der Waals surface area contributed by atoms with Crippen molar-refractivity contribution >= 4 is 35.2 Å². The topological polar surface area (TPSA) is 93.8 Å². The molecule has 1 N–H and O–H groups in total. The van der Waals surface area contributed by atoms with E-state index in [0.29, 0.717) is 35.7 Å². The van der Waals surface area contributed by atoms with E-state index in [0.717, 1.165) is 61.0 Å². The summed E-state index contributed by atoms with van der Waals surface area (Å²) in [4.78, 5) is 38.6. The molecule has 0 radical (unpaired) electrons. The third-order valence-electron chi connectivity index (χ3n) is 8.10. The van der Waals surface area contributed by atoms with Gasteiger partial charge < -0.3 is 13.9 Å². The Morgan fingerprint density at radius 2 is 1.88 bits per heavy atom. The number of carbonyl (C=O) groups is 2. The van der Waals surface area contributed by atoms with Crippen molar-refractivity contribution in [2.45, 2.75) is 38.3 Å². The zero-order valence-electron chi connectivity index (χ0n) is 22.8. The Morgan fingerprint density at radius 3 is 2.63 bits per heavy atom. The average Bonchev–Trinajstić information content (AvgIpc) is 3.30. The zero-order chi connectivity index (χ0) is 28.2. The molecule has 210 valence electrons. The third-order valence-corrected chi connectivity index (χ3v) is 8.10. The van der Waals surface area contributed by atoms with Crippen molar-refractivity contribution in [1.29, 1.82) is 0 Å². The molecule has 8 heteroatoms. The maximum atomic E-state index is 13.0. The van der Waals surface area contributed by atoms with Crippen molar-refractivity contribution in [3.05, 3.63) is 94.5 Å². The number of fused-ring (bicyclic) bond motifs is 4. The Hall–Kier alpha value is -4.43. The van der Waals surface area contributed by atoms with Gasteiger partial charge >= 0.3 is 11.8 Å². The molecule has 4 aromatic rings. The molecule has 7 rings (SSSR count). The molecule has 1 amide bonds. The van der Waals surface area contributed by atoms with Gasteiger partial charge in [0.2, 0.25) is 0 Å². The number of rotatable bonds is 9. The molecule has 0 aliphatic carbocycles. The minimum Gasteiger partial charge on any atom is -0.444 e. The highest BCUT2D eigenvalue weighted by molar-refractivity contribution is 5.92. The van der Waals surface area contributed by atoms with Crippen LogP contribution >= 0.6 is 0 Å². The van der Waals surface area contributed by atoms with Gasteiger partial charge in [-0.05, 0) is 73.2 Å². The van der Waals surface area contributed by atoms with E-state index in [4.69, 9.17) is 9.15 Å². The Kier molecular flexibility index (Phi) is 7.82. The number of aromatic nitrogens is 1. The highest BCUT2D eigenvalue weighted by Gasteiger charge is 2.36. The summed E-state index contributed by atoms with van der Waals surface area (Å²) in [6.07, 6.45) is 7.36. The summed E-state index contributed by atoms with van der Waals surface area (Å²) in [7, 11) is 0. The standard InChI is InChI=1S/C33H33N3O5/c37-19-15-24-10-12-29-30(21-24)41-33(39)36(29)16-5-4-6-23-9-11-27(25-7-2-1-3-8-25)28(20-23)34-32(38)40-31-22-35-17-13-26(31)14-18-35/h1-4,6-12,19-21,26,31H,5,13-18,22H2,(H,34,38)/b6-4+/t31-/m0/s1. The minimum absolute atomic E-state index is 0.0697. The fourth-order valence-corrected chi connectivity index (χ4v) is 5.93. The van der Waals surface area contributed by atoms with Crippen LogP contribution in [0, 0.1) is 5.92 Å². The van der Waals surface area contributed by atoms with E-state index in [1.54, 1.807) is 10.6 Å². The van der Waals surface area contributed by atoms with E-state index in [2.05, 4.69) is 10.2 Å². The number of aldehydes is 1. The average molecular weight is 552 g/mol. The first-order valence-corrected chi connectivity index (χ1v) is 14.2. The quantitative estimate of drug-likeness (QED) is 0.266. The SMILES string of the molecule is O=CCc1ccc2c(c1)oc(=O)n2CC/C=C/c1ccc(-c2ccccc2)c(NC(=O)O[C@H]2CN3CCC2CC3)c1. The van der Waals surface area contributed by atoms with Crippen molar-refractivity contribution < 1.29 is 18.7 Å². The monoisotopic (exact) mass is 551 g/mol. The van der Waals surface area contributed by atoms with Gasteiger partial charge in [-0.25, -0.2) is 9.59 Å². The number of hydrogen-bond donors (Lipinski definition) is 1. The van der Waals surface area contributed by atoms with Gasteiger partial charge in [0.05, 0.1) is 11.2 Å². The second-order valence-corrected chi connectivity index (χ2v) is 10.8. The first-order chi connectivity index (χ1) is 20.1. The van der Waals surface area contributed by atoms with Crippen LogP contribution in [-0.2, 0) is 22.5 Å². The number of allylic oxidation sites excluding steroid dienone is 1. The molecule has 41 heavy (non-hydrogen) atoms. The maximum absolute atomic E-state index is 13.0. The van der Waals surface area contributed by atoms with Crippen LogP contribution in [0.3, 0.4) is 0 Å². The van der Waals surface area contributed by atoms with E-state index < -0.39 is 11.8 Å². The summed E-state index contributed by atoms with van der Waals surface area (Å²) in [5, 5.41) is 3.02. The van der Waals surface area contributed by atoms with Crippen LogP contribution in [-0.4, -0.2) is 47.6 Å². The predicted octanol–water partition coefficient (Wildman–Crippen LogP) is 5.75. The molecule has 0 unspecified atom stereocenters. The minimum atomic E-state index is -0.426. The number of nitrogens with zero attached hydrogens (tertiary/aromatic N) is 2. The van der Waals surface area contributed by atoms with E-state index >= 15 is 0 Å². The third kappa shape index (κ3) is 6.02. The Bertz CT molecular complexity index is 1630. The second-order valence-electron chi connectivity index (χ2n) is 10.8. The summed E-state index contributed by atoms with van der Waals surface area (Å²) in [6.45, 7) is 3.44. The summed E-state index contributed by atoms with van der Waals surface area (Å²) < 4.78 is 12.9. The normalized spacial score (nSPS) is 20.0. The van der Waals surface area contributed by atoms with Crippen molar-refractivity contribution in [3.63, 3.8) is 0 Å². The molecule has 0 saturated carbocycles. The lowest BCUT2D eigenvalue weighted by Crippen LogP contribution is -2.52. The van der Waals surface area contributed by atoms with Crippen LogP contribution in [0.2, 0.25) is 0 Å². The smallest absolute Gasteiger partial charge is 0.419 e. The number of piperidine rings is 3. The molecule has 0 spiro atoms. The van der Waals surface area contributed by atoms with E-state index in [1.807, 2.05) is 72.8 Å². The number of nitrogens with one attached hydrogen (secondary N) is 1. The summed E-state index contributed by atoms with van der Waals surface area (Å²) in [5.74, 6) is 0.0173. The van der Waals surface area contributed by atoms with E-state index in [1.165, 1.54) is 0 Å². The van der Waals surface area contributed by atoms with Crippen LogP contribution in [0.5, 0.6) is 0 Å². The summed E-state index contributed by atoms with van der Waals surface area (Å²) in [6, 6.07) is 21.3. The fraction of sp³-hybridized carbons (Fsp3) is 0.303. The van der Waals surface area contributed by atoms with Gasteiger partial charge in [-0.3, -0.25) is 14.8 Å². The molecule has 2 bridgehead atoms. The molecular weight excluding hydrogens is 518 g/mol. The lowest BCUT2D eigenvalue weighted by atomic mass is 9.86. The first kappa shape index (κ1) is 26.8. The zero-order valence-corrected chi connectivity index (χ0v) is 22.8. The molecule has 8 nitrogen and oxygen atoms in total. The van der Waals surface area contributed by atoms with E-state index in [-0.39, 0.29) is 12.5 Å². The largest absolute Gasteiger partial charge is 0.444 e. The Balaban J connectivity index is 1.16. The molecule has 3 saturated heterocycles. The number of carbonyl (C=O) groups excluding carboxylic acids is 2. The molecule has 1 atom stereocenters. The number of hydrogen-bond acceptors (Lipinski definition) is 6. The van der Waals surface area contributed by atoms with Crippen molar-refractivity contribution in [2.75, 3.05) is 25.0 Å². The highest BCUT2D eigenvalue weighted by atomic mass is 16.6. The van der Waals surface area contributed by atoms with Gasteiger partial charge in [0.1, 0.15) is 12.4 Å². The molecule has 3 aromatic carbocycles. The number of oxazole rings is 1. The molecule has 4 heterocycles. The lowest BCUT2D eigenvalue weighted by Gasteiger charge is -2.43. The molecule has 3 aliphatic rings. The van der Waals surface area contributed by atoms with Crippen molar-refractivity contribution in [2.24, 2.45) is 5.92 Å². The van der Waals surface area contributed by atoms with Crippen LogP contribution in [0.25, 0.3) is 28.3 Å². The molecule has 3 fully saturated rings.